The lowest BCUT2D eigenvalue weighted by molar-refractivity contribution is -0.477. The van der Waals surface area contributed by atoms with E-state index in [1.54, 1.807) is 0 Å². The van der Waals surface area contributed by atoms with Crippen molar-refractivity contribution in [1.29, 1.82) is 0 Å². The summed E-state index contributed by atoms with van der Waals surface area (Å²) in [5.74, 6) is -0.750. The highest BCUT2D eigenvalue weighted by Crippen LogP contribution is 2.15. The lowest BCUT2D eigenvalue weighted by Crippen LogP contribution is -2.22. The third-order valence-corrected chi connectivity index (χ3v) is 2.51. The largest absolute Gasteiger partial charge is 0.327 e. The number of halogens is 1. The average molecular weight is 289 g/mol. The molecule has 0 saturated heterocycles. The van der Waals surface area contributed by atoms with Crippen LogP contribution in [0.15, 0.2) is 24.3 Å². The summed E-state index contributed by atoms with van der Waals surface area (Å²) >= 11 is 2.61. The zero-order chi connectivity index (χ0) is 12.3. The van der Waals surface area contributed by atoms with Crippen molar-refractivity contribution in [2.75, 3.05) is 0 Å². The molecule has 0 N–H and O–H groups in total. The Kier molecular flexibility index (Phi) is 3.67. The number of hydrogen-bond donors (Lipinski definition) is 0. The Hall–Kier alpha value is -1.83. The summed E-state index contributed by atoms with van der Waals surface area (Å²) in [6.45, 7) is 0. The van der Waals surface area contributed by atoms with Gasteiger partial charge in [-0.15, -0.1) is 0 Å². The number of non-ortho nitro benzene ring substituents is 1. The van der Waals surface area contributed by atoms with Gasteiger partial charge in [0.25, 0.3) is 5.69 Å². The van der Waals surface area contributed by atoms with Crippen molar-refractivity contribution >= 4 is 27.4 Å². The summed E-state index contributed by atoms with van der Waals surface area (Å²) in [5, 5.41) is 20.6. The molecule has 0 aliphatic rings. The van der Waals surface area contributed by atoms with Crippen LogP contribution in [0.25, 0.3) is 0 Å². The highest BCUT2D eigenvalue weighted by atomic mass is 79.9. The lowest BCUT2D eigenvalue weighted by atomic mass is 10.1. The molecule has 0 aliphatic heterocycles. The van der Waals surface area contributed by atoms with E-state index < -0.39 is 20.6 Å². The summed E-state index contributed by atoms with van der Waals surface area (Å²) in [4.78, 5) is 29.1. The van der Waals surface area contributed by atoms with Gasteiger partial charge in [-0.2, -0.15) is 0 Å². The Balaban J connectivity index is 2.94. The zero-order valence-corrected chi connectivity index (χ0v) is 9.29. The molecule has 0 amide bonds. The molecule has 0 bridgehead atoms. The second-order valence-corrected chi connectivity index (χ2v) is 3.66. The van der Waals surface area contributed by atoms with Crippen LogP contribution in [0.1, 0.15) is 10.4 Å². The SMILES string of the molecule is O=C(c1ccc([N+](=O)[O-])cc1)C(Br)[N+](=O)[O-]. The van der Waals surface area contributed by atoms with Gasteiger partial charge in [0, 0.05) is 38.5 Å². The minimum Gasteiger partial charge on any atom is -0.285 e. The molecule has 16 heavy (non-hydrogen) atoms. The molecule has 1 unspecified atom stereocenters. The summed E-state index contributed by atoms with van der Waals surface area (Å²) in [7, 11) is 0. The molecule has 0 spiro atoms. The number of alkyl halides is 1. The van der Waals surface area contributed by atoms with Crippen molar-refractivity contribution in [3.05, 3.63) is 50.1 Å². The number of rotatable bonds is 4. The molecule has 0 fully saturated rings. The molecular weight excluding hydrogens is 284 g/mol. The van der Waals surface area contributed by atoms with Crippen LogP contribution in [0.2, 0.25) is 0 Å². The Morgan fingerprint density at radius 3 is 2.06 bits per heavy atom. The summed E-state index contributed by atoms with van der Waals surface area (Å²) in [6, 6.07) is 4.59. The molecule has 0 radical (unpaired) electrons. The van der Waals surface area contributed by atoms with Crippen molar-refractivity contribution < 1.29 is 14.6 Å². The van der Waals surface area contributed by atoms with Gasteiger partial charge in [-0.25, -0.2) is 0 Å². The van der Waals surface area contributed by atoms with Crippen LogP contribution in [0.4, 0.5) is 5.69 Å². The Labute approximate surface area is 97.5 Å². The van der Waals surface area contributed by atoms with Gasteiger partial charge in [-0.05, 0) is 12.1 Å². The molecule has 1 aromatic carbocycles. The fourth-order valence-electron chi connectivity index (χ4n) is 0.981. The molecule has 1 rings (SSSR count). The van der Waals surface area contributed by atoms with E-state index in [-0.39, 0.29) is 11.3 Å². The van der Waals surface area contributed by atoms with Gasteiger partial charge in [0.2, 0.25) is 5.78 Å². The maximum atomic E-state index is 11.4. The number of ketones is 1. The average Bonchev–Trinajstić information content (AvgIpc) is 2.27. The number of Topliss-reactive ketones (excluding diaryl/α,β-unsaturated/α-hetero) is 1. The van der Waals surface area contributed by atoms with E-state index in [4.69, 9.17) is 0 Å². The molecule has 84 valence electrons. The van der Waals surface area contributed by atoms with E-state index in [0.717, 1.165) is 12.1 Å². The van der Waals surface area contributed by atoms with Crippen LogP contribution in [0.5, 0.6) is 0 Å². The van der Waals surface area contributed by atoms with E-state index in [2.05, 4.69) is 15.9 Å². The fraction of sp³-hybridized carbons (Fsp3) is 0.125. The third kappa shape index (κ3) is 2.60. The van der Waals surface area contributed by atoms with Gasteiger partial charge >= 0.3 is 4.95 Å². The van der Waals surface area contributed by atoms with E-state index in [1.807, 2.05) is 0 Å². The standard InChI is InChI=1S/C8H5BrN2O5/c9-8(11(15)16)7(12)5-1-3-6(4-2-5)10(13)14/h1-4,8H. The van der Waals surface area contributed by atoms with Crippen LogP contribution in [0.3, 0.4) is 0 Å². The first-order valence-corrected chi connectivity index (χ1v) is 4.91. The number of hydrogen-bond acceptors (Lipinski definition) is 5. The first kappa shape index (κ1) is 12.2. The summed E-state index contributed by atoms with van der Waals surface area (Å²) in [6.07, 6.45) is 0. The van der Waals surface area contributed by atoms with Gasteiger partial charge in [0.05, 0.1) is 4.92 Å². The van der Waals surface area contributed by atoms with Crippen molar-refractivity contribution in [3.63, 3.8) is 0 Å². The monoisotopic (exact) mass is 288 g/mol. The van der Waals surface area contributed by atoms with E-state index in [9.17, 15) is 25.0 Å². The second-order valence-electron chi connectivity index (χ2n) is 2.79. The van der Waals surface area contributed by atoms with Gasteiger partial charge in [-0.1, -0.05) is 0 Å². The number of carbonyl (C=O) groups excluding carboxylic acids is 1. The zero-order valence-electron chi connectivity index (χ0n) is 7.70. The first-order valence-electron chi connectivity index (χ1n) is 3.99. The quantitative estimate of drug-likeness (QED) is 0.276. The molecule has 0 aliphatic carbocycles. The number of nitrogens with zero attached hydrogens (tertiary/aromatic N) is 2. The van der Waals surface area contributed by atoms with Gasteiger partial charge in [-0.3, -0.25) is 25.0 Å². The van der Waals surface area contributed by atoms with Crippen LogP contribution in [0, 0.1) is 20.2 Å². The molecular formula is C8H5BrN2O5. The van der Waals surface area contributed by atoms with Crippen molar-refractivity contribution in [3.8, 4) is 0 Å². The molecule has 7 nitrogen and oxygen atoms in total. The second kappa shape index (κ2) is 4.79. The van der Waals surface area contributed by atoms with Gasteiger partial charge < -0.3 is 0 Å². The molecule has 8 heteroatoms. The Morgan fingerprint density at radius 2 is 1.69 bits per heavy atom. The number of benzene rings is 1. The molecule has 0 heterocycles. The summed E-state index contributed by atoms with van der Waals surface area (Å²) in [5.41, 5.74) is -0.132. The maximum Gasteiger partial charge on any atom is 0.327 e. The molecule has 1 aromatic rings. The smallest absolute Gasteiger partial charge is 0.285 e. The first-order chi connectivity index (χ1) is 7.43. The van der Waals surface area contributed by atoms with Crippen molar-refractivity contribution in [2.24, 2.45) is 0 Å². The molecule has 0 saturated carbocycles. The lowest BCUT2D eigenvalue weighted by Gasteiger charge is -2.00. The fourth-order valence-corrected chi connectivity index (χ4v) is 1.25. The van der Waals surface area contributed by atoms with Crippen molar-refractivity contribution in [1.82, 2.24) is 0 Å². The molecule has 1 atom stereocenters. The summed E-state index contributed by atoms with van der Waals surface area (Å²) < 4.78 is 0. The molecule has 0 aromatic heterocycles. The minimum atomic E-state index is -1.53. The topological polar surface area (TPSA) is 103 Å². The van der Waals surface area contributed by atoms with Crippen LogP contribution in [-0.4, -0.2) is 20.6 Å². The number of nitro benzene ring substituents is 1. The normalized spacial score (nSPS) is 11.8. The van der Waals surface area contributed by atoms with Crippen molar-refractivity contribution in [2.45, 2.75) is 4.95 Å². The predicted molar refractivity (Wildman–Crippen MR) is 57.1 cm³/mol. The Bertz CT molecular complexity index is 444. The Morgan fingerprint density at radius 1 is 1.19 bits per heavy atom. The third-order valence-electron chi connectivity index (χ3n) is 1.76. The maximum absolute atomic E-state index is 11.4. The van der Waals surface area contributed by atoms with E-state index in [0.29, 0.717) is 0 Å². The van der Waals surface area contributed by atoms with Crippen LogP contribution >= 0.6 is 15.9 Å². The van der Waals surface area contributed by atoms with Gasteiger partial charge in [0.1, 0.15) is 0 Å². The van der Waals surface area contributed by atoms with Crippen LogP contribution < -0.4 is 0 Å². The minimum absolute atomic E-state index is 0.0455. The highest BCUT2D eigenvalue weighted by molar-refractivity contribution is 9.09. The van der Waals surface area contributed by atoms with E-state index >= 15 is 0 Å². The highest BCUT2D eigenvalue weighted by Gasteiger charge is 2.27. The van der Waals surface area contributed by atoms with E-state index in [1.165, 1.54) is 12.1 Å². The number of carbonyl (C=O) groups is 1. The van der Waals surface area contributed by atoms with Gasteiger partial charge in [0.15, 0.2) is 0 Å². The number of nitro groups is 2. The predicted octanol–water partition coefficient (Wildman–Crippen LogP) is 1.78. The van der Waals surface area contributed by atoms with Crippen LogP contribution in [-0.2, 0) is 0 Å².